The summed E-state index contributed by atoms with van der Waals surface area (Å²) in [5, 5.41) is 0. The molecule has 0 unspecified atom stereocenters. The van der Waals surface area contributed by atoms with E-state index >= 15 is 0 Å². The Balaban J connectivity index is 1.72. The smallest absolute Gasteiger partial charge is 0.307 e. The number of esters is 2. The van der Waals surface area contributed by atoms with E-state index in [4.69, 9.17) is 9.47 Å². The lowest BCUT2D eigenvalue weighted by molar-refractivity contribution is -0.146. The van der Waals surface area contributed by atoms with Gasteiger partial charge in [0.25, 0.3) is 0 Å². The Bertz CT molecular complexity index is 998. The van der Waals surface area contributed by atoms with Gasteiger partial charge in [0.2, 0.25) is 0 Å². The van der Waals surface area contributed by atoms with Crippen LogP contribution in [0.4, 0.5) is 0 Å². The van der Waals surface area contributed by atoms with Gasteiger partial charge in [-0.25, -0.2) is 0 Å². The van der Waals surface area contributed by atoms with Crippen molar-refractivity contribution in [1.29, 1.82) is 0 Å². The summed E-state index contributed by atoms with van der Waals surface area (Å²) in [5.41, 5.74) is 4.17. The second-order valence-corrected chi connectivity index (χ2v) is 13.4. The Hall–Kier alpha value is -2.70. The zero-order chi connectivity index (χ0) is 34.7. The fourth-order valence-electron chi connectivity index (χ4n) is 5.87. The molecule has 0 bridgehead atoms. The Labute approximate surface area is 294 Å². The minimum atomic E-state index is -0.130. The minimum Gasteiger partial charge on any atom is -0.461 e. The van der Waals surface area contributed by atoms with Crippen molar-refractivity contribution in [3.05, 3.63) is 59.7 Å². The van der Waals surface area contributed by atoms with Crippen LogP contribution in [-0.2, 0) is 32.3 Å². The number of hydrogen-bond donors (Lipinski definition) is 0. The van der Waals surface area contributed by atoms with Gasteiger partial charge in [0.05, 0.1) is 12.8 Å². The van der Waals surface area contributed by atoms with Crippen molar-refractivity contribution < 1.29 is 19.1 Å². The molecule has 0 amide bonds. The standard InChI is InChI=1S/C42H68N2O4/c1-5-9-13-15-17-31-43(29-11-7-3)33-27-41(45)47-35-37-19-23-39(24-20-37)40-25-21-38(22-26-40)36-48-42(46)28-34-44(30-12-8-4)32-18-16-14-10-6-2/h19-26H,5-18,27-36H2,1-4H3. The lowest BCUT2D eigenvalue weighted by Gasteiger charge is -2.21. The SMILES string of the molecule is CCCCCCCN(CCCC)CCC(=O)OCc1ccc(-c2ccc(COC(=O)CCN(CCCC)CCCCCCC)cc2)cc1. The van der Waals surface area contributed by atoms with Crippen LogP contribution in [0.15, 0.2) is 48.5 Å². The zero-order valence-electron chi connectivity index (χ0n) is 31.1. The zero-order valence-corrected chi connectivity index (χ0v) is 31.1. The van der Waals surface area contributed by atoms with Crippen molar-refractivity contribution in [2.75, 3.05) is 39.3 Å². The van der Waals surface area contributed by atoms with Crippen molar-refractivity contribution in [2.24, 2.45) is 0 Å². The molecule has 0 radical (unpaired) electrons. The number of nitrogens with zero attached hydrogens (tertiary/aromatic N) is 2. The van der Waals surface area contributed by atoms with E-state index in [1.165, 1.54) is 89.9 Å². The predicted octanol–water partition coefficient (Wildman–Crippen LogP) is 10.4. The predicted molar refractivity (Wildman–Crippen MR) is 201 cm³/mol. The molecule has 0 saturated carbocycles. The van der Waals surface area contributed by atoms with E-state index in [1.54, 1.807) is 0 Å². The number of ether oxygens (including phenoxy) is 2. The molecular formula is C42H68N2O4. The molecule has 0 fully saturated rings. The highest BCUT2D eigenvalue weighted by molar-refractivity contribution is 5.70. The van der Waals surface area contributed by atoms with Gasteiger partial charge in [-0.3, -0.25) is 9.59 Å². The molecule has 0 aromatic heterocycles. The molecule has 0 aliphatic carbocycles. The van der Waals surface area contributed by atoms with Gasteiger partial charge in [0.1, 0.15) is 13.2 Å². The summed E-state index contributed by atoms with van der Waals surface area (Å²) in [6, 6.07) is 16.4. The first-order valence-corrected chi connectivity index (χ1v) is 19.4. The molecule has 0 aliphatic rings. The average Bonchev–Trinajstić information content (AvgIpc) is 3.11. The monoisotopic (exact) mass is 665 g/mol. The molecule has 0 aliphatic heterocycles. The van der Waals surface area contributed by atoms with Crippen molar-refractivity contribution >= 4 is 11.9 Å². The molecule has 48 heavy (non-hydrogen) atoms. The Morgan fingerprint density at radius 2 is 0.771 bits per heavy atom. The van der Waals surface area contributed by atoms with Crippen LogP contribution in [0.3, 0.4) is 0 Å². The maximum Gasteiger partial charge on any atom is 0.307 e. The van der Waals surface area contributed by atoms with Crippen LogP contribution < -0.4 is 0 Å². The second kappa shape index (κ2) is 27.2. The summed E-state index contributed by atoms with van der Waals surface area (Å²) < 4.78 is 11.2. The van der Waals surface area contributed by atoms with E-state index in [2.05, 4.69) is 61.8 Å². The highest BCUT2D eigenvalue weighted by Gasteiger charge is 2.11. The first-order chi connectivity index (χ1) is 23.5. The van der Waals surface area contributed by atoms with E-state index in [0.29, 0.717) is 26.1 Å². The van der Waals surface area contributed by atoms with Crippen LogP contribution in [0, 0.1) is 0 Å². The van der Waals surface area contributed by atoms with Crippen LogP contribution in [-0.4, -0.2) is 61.0 Å². The van der Waals surface area contributed by atoms with Gasteiger partial charge in [-0.1, -0.05) is 140 Å². The number of carbonyl (C=O) groups excluding carboxylic acids is 2. The number of carbonyl (C=O) groups is 2. The summed E-state index contributed by atoms with van der Waals surface area (Å²) in [7, 11) is 0. The van der Waals surface area contributed by atoms with Crippen molar-refractivity contribution in [3.63, 3.8) is 0 Å². The molecule has 0 heterocycles. The molecule has 0 atom stereocenters. The molecule has 2 aromatic rings. The number of hydrogen-bond acceptors (Lipinski definition) is 6. The number of benzene rings is 2. The molecule has 0 spiro atoms. The van der Waals surface area contributed by atoms with E-state index in [1.807, 2.05) is 24.3 Å². The molecule has 2 aromatic carbocycles. The van der Waals surface area contributed by atoms with E-state index < -0.39 is 0 Å². The normalized spacial score (nSPS) is 11.4. The van der Waals surface area contributed by atoms with E-state index in [0.717, 1.165) is 61.5 Å². The average molecular weight is 665 g/mol. The van der Waals surface area contributed by atoms with E-state index in [9.17, 15) is 9.59 Å². The summed E-state index contributed by atoms with van der Waals surface area (Å²) in [6.07, 6.45) is 18.3. The van der Waals surface area contributed by atoms with Crippen molar-refractivity contribution in [2.45, 2.75) is 144 Å². The van der Waals surface area contributed by atoms with Gasteiger partial charge in [0.15, 0.2) is 0 Å². The van der Waals surface area contributed by atoms with Gasteiger partial charge in [-0.2, -0.15) is 0 Å². The first kappa shape index (κ1) is 41.5. The summed E-state index contributed by atoms with van der Waals surface area (Å²) in [6.45, 7) is 15.3. The van der Waals surface area contributed by atoms with Gasteiger partial charge >= 0.3 is 11.9 Å². The fourth-order valence-corrected chi connectivity index (χ4v) is 5.87. The highest BCUT2D eigenvalue weighted by Crippen LogP contribution is 2.21. The van der Waals surface area contributed by atoms with E-state index in [-0.39, 0.29) is 11.9 Å². The topological polar surface area (TPSA) is 59.1 Å². The molecular weight excluding hydrogens is 596 g/mol. The largest absolute Gasteiger partial charge is 0.461 e. The second-order valence-electron chi connectivity index (χ2n) is 13.4. The molecule has 2 rings (SSSR count). The third kappa shape index (κ3) is 19.3. The first-order valence-electron chi connectivity index (χ1n) is 19.4. The number of rotatable bonds is 29. The number of unbranched alkanes of at least 4 members (excludes halogenated alkanes) is 10. The summed E-state index contributed by atoms with van der Waals surface area (Å²) in [5.74, 6) is -0.260. The van der Waals surface area contributed by atoms with Crippen LogP contribution in [0.1, 0.15) is 142 Å². The Morgan fingerprint density at radius 3 is 1.12 bits per heavy atom. The summed E-state index contributed by atoms with van der Waals surface area (Å²) in [4.78, 5) is 29.9. The minimum absolute atomic E-state index is 0.130. The van der Waals surface area contributed by atoms with Gasteiger partial charge < -0.3 is 19.3 Å². The highest BCUT2D eigenvalue weighted by atomic mass is 16.5. The third-order valence-electron chi connectivity index (χ3n) is 9.12. The molecule has 6 heteroatoms. The lowest BCUT2D eigenvalue weighted by atomic mass is 10.0. The third-order valence-corrected chi connectivity index (χ3v) is 9.12. The maximum atomic E-state index is 12.5. The van der Waals surface area contributed by atoms with Gasteiger partial charge in [-0.05, 0) is 74.1 Å². The van der Waals surface area contributed by atoms with Gasteiger partial charge in [0, 0.05) is 13.1 Å². The quantitative estimate of drug-likeness (QED) is 0.0637. The molecule has 6 nitrogen and oxygen atoms in total. The van der Waals surface area contributed by atoms with Crippen LogP contribution in [0.25, 0.3) is 11.1 Å². The molecule has 0 N–H and O–H groups in total. The molecule has 0 saturated heterocycles. The lowest BCUT2D eigenvalue weighted by Crippen LogP contribution is -2.29. The summed E-state index contributed by atoms with van der Waals surface area (Å²) >= 11 is 0. The van der Waals surface area contributed by atoms with Gasteiger partial charge in [-0.15, -0.1) is 0 Å². The fraction of sp³-hybridized carbons (Fsp3) is 0.667. The van der Waals surface area contributed by atoms with Crippen LogP contribution in [0.2, 0.25) is 0 Å². The van der Waals surface area contributed by atoms with Crippen molar-refractivity contribution in [1.82, 2.24) is 9.80 Å². The van der Waals surface area contributed by atoms with Crippen molar-refractivity contribution in [3.8, 4) is 11.1 Å². The Kier molecular flexibility index (Phi) is 23.5. The van der Waals surface area contributed by atoms with Crippen LogP contribution in [0.5, 0.6) is 0 Å². The molecule has 270 valence electrons. The van der Waals surface area contributed by atoms with Crippen LogP contribution >= 0.6 is 0 Å². The Morgan fingerprint density at radius 1 is 0.438 bits per heavy atom. The maximum absolute atomic E-state index is 12.5.